The highest BCUT2D eigenvalue weighted by Gasteiger charge is 2.23. The molecule has 0 atom stereocenters. The Kier molecular flexibility index (Phi) is 6.41. The Morgan fingerprint density at radius 1 is 1.07 bits per heavy atom. The maximum absolute atomic E-state index is 12.6. The molecule has 2 amide bonds. The molecule has 1 aliphatic rings. The smallest absolute Gasteiger partial charge is 0.253 e. The summed E-state index contributed by atoms with van der Waals surface area (Å²) >= 11 is 0. The molecule has 2 aromatic carbocycles. The van der Waals surface area contributed by atoms with Gasteiger partial charge in [0.1, 0.15) is 0 Å². The van der Waals surface area contributed by atoms with E-state index in [1.165, 1.54) is 0 Å². The van der Waals surface area contributed by atoms with Crippen LogP contribution in [0.3, 0.4) is 0 Å². The highest BCUT2D eigenvalue weighted by atomic mass is 16.2. The predicted molar refractivity (Wildman–Crippen MR) is 108 cm³/mol. The van der Waals surface area contributed by atoms with E-state index in [0.29, 0.717) is 43.9 Å². The summed E-state index contributed by atoms with van der Waals surface area (Å²) in [6.07, 6.45) is 0.865. The second-order valence-corrected chi connectivity index (χ2v) is 6.82. The first-order valence-electron chi connectivity index (χ1n) is 9.50. The summed E-state index contributed by atoms with van der Waals surface area (Å²) in [5, 5.41) is 12.0. The number of carbonyl (C=O) groups is 2. The van der Waals surface area contributed by atoms with Crippen LogP contribution in [0, 0.1) is 11.3 Å². The third kappa shape index (κ3) is 4.76. The van der Waals surface area contributed by atoms with E-state index in [9.17, 15) is 9.59 Å². The average molecular weight is 376 g/mol. The topological polar surface area (TPSA) is 76.4 Å². The molecule has 0 saturated carbocycles. The highest BCUT2D eigenvalue weighted by Crippen LogP contribution is 2.16. The number of piperazine rings is 1. The van der Waals surface area contributed by atoms with Crippen molar-refractivity contribution in [2.75, 3.05) is 38.0 Å². The minimum atomic E-state index is -0.0712. The van der Waals surface area contributed by atoms with Crippen molar-refractivity contribution in [1.82, 2.24) is 9.80 Å². The summed E-state index contributed by atoms with van der Waals surface area (Å²) in [6, 6.07) is 16.6. The molecule has 0 unspecified atom stereocenters. The first-order valence-corrected chi connectivity index (χ1v) is 9.50. The average Bonchev–Trinajstić information content (AvgIpc) is 2.74. The molecule has 0 spiro atoms. The number of anilines is 1. The molecule has 0 bridgehead atoms. The van der Waals surface area contributed by atoms with Gasteiger partial charge in [0.25, 0.3) is 5.91 Å². The summed E-state index contributed by atoms with van der Waals surface area (Å²) in [7, 11) is 0. The van der Waals surface area contributed by atoms with Crippen molar-refractivity contribution in [2.45, 2.75) is 13.3 Å². The number of hydrogen-bond acceptors (Lipinski definition) is 4. The monoisotopic (exact) mass is 376 g/mol. The van der Waals surface area contributed by atoms with Crippen molar-refractivity contribution in [3.63, 3.8) is 0 Å². The van der Waals surface area contributed by atoms with Crippen LogP contribution in [0.4, 0.5) is 5.69 Å². The van der Waals surface area contributed by atoms with Crippen molar-refractivity contribution >= 4 is 17.5 Å². The van der Waals surface area contributed by atoms with Gasteiger partial charge in [-0.1, -0.05) is 31.2 Å². The van der Waals surface area contributed by atoms with E-state index in [0.717, 1.165) is 17.7 Å². The van der Waals surface area contributed by atoms with E-state index >= 15 is 0 Å². The molecule has 0 radical (unpaired) electrons. The van der Waals surface area contributed by atoms with Gasteiger partial charge in [0, 0.05) is 37.4 Å². The van der Waals surface area contributed by atoms with Crippen LogP contribution in [0.1, 0.15) is 28.4 Å². The molecule has 1 saturated heterocycles. The summed E-state index contributed by atoms with van der Waals surface area (Å²) in [5.74, 6) is -0.111. The Labute approximate surface area is 165 Å². The van der Waals surface area contributed by atoms with Gasteiger partial charge < -0.3 is 10.2 Å². The Hall–Kier alpha value is -3.17. The normalized spacial score (nSPS) is 14.4. The molecule has 1 aliphatic heterocycles. The van der Waals surface area contributed by atoms with Crippen LogP contribution in [-0.2, 0) is 11.2 Å². The second-order valence-electron chi connectivity index (χ2n) is 6.82. The minimum Gasteiger partial charge on any atom is -0.336 e. The Bertz CT molecular complexity index is 895. The zero-order chi connectivity index (χ0) is 19.9. The SMILES string of the molecule is CCc1ccccc1NC(=O)CN1CCN(C(=O)c2cccc(C#N)c2)CC1. The van der Waals surface area contributed by atoms with Crippen LogP contribution in [0.2, 0.25) is 0 Å². The Morgan fingerprint density at radius 2 is 1.82 bits per heavy atom. The molecule has 6 nitrogen and oxygen atoms in total. The zero-order valence-corrected chi connectivity index (χ0v) is 16.0. The van der Waals surface area contributed by atoms with E-state index in [1.807, 2.05) is 24.3 Å². The maximum Gasteiger partial charge on any atom is 0.253 e. The third-order valence-electron chi connectivity index (χ3n) is 4.94. The molecule has 1 N–H and O–H groups in total. The fraction of sp³-hybridized carbons (Fsp3) is 0.318. The van der Waals surface area contributed by atoms with Gasteiger partial charge in [0.05, 0.1) is 18.2 Å². The van der Waals surface area contributed by atoms with Crippen molar-refractivity contribution in [2.24, 2.45) is 0 Å². The number of para-hydroxylation sites is 1. The van der Waals surface area contributed by atoms with Crippen molar-refractivity contribution in [3.8, 4) is 6.07 Å². The summed E-state index contributed by atoms with van der Waals surface area (Å²) in [4.78, 5) is 28.8. The van der Waals surface area contributed by atoms with Crippen LogP contribution in [0.15, 0.2) is 48.5 Å². The van der Waals surface area contributed by atoms with E-state index in [-0.39, 0.29) is 11.8 Å². The van der Waals surface area contributed by atoms with Gasteiger partial charge in [-0.2, -0.15) is 5.26 Å². The number of hydrogen-bond donors (Lipinski definition) is 1. The quantitative estimate of drug-likeness (QED) is 0.870. The lowest BCUT2D eigenvalue weighted by Crippen LogP contribution is -2.50. The first-order chi connectivity index (χ1) is 13.6. The van der Waals surface area contributed by atoms with Crippen LogP contribution in [-0.4, -0.2) is 54.3 Å². The van der Waals surface area contributed by atoms with Gasteiger partial charge in [-0.05, 0) is 36.2 Å². The largest absolute Gasteiger partial charge is 0.336 e. The lowest BCUT2D eigenvalue weighted by atomic mass is 10.1. The van der Waals surface area contributed by atoms with Gasteiger partial charge in [0.15, 0.2) is 0 Å². The summed E-state index contributed by atoms with van der Waals surface area (Å²) in [5.41, 5.74) is 2.99. The zero-order valence-electron chi connectivity index (χ0n) is 16.0. The summed E-state index contributed by atoms with van der Waals surface area (Å²) in [6.45, 7) is 4.79. The molecule has 0 aliphatic carbocycles. The molecule has 1 fully saturated rings. The van der Waals surface area contributed by atoms with E-state index in [4.69, 9.17) is 5.26 Å². The Balaban J connectivity index is 1.51. The fourth-order valence-electron chi connectivity index (χ4n) is 3.36. The molecule has 0 aromatic heterocycles. The van der Waals surface area contributed by atoms with Crippen molar-refractivity contribution < 1.29 is 9.59 Å². The maximum atomic E-state index is 12.6. The standard InChI is InChI=1S/C22H24N4O2/c1-2-18-7-3-4-9-20(18)24-21(27)16-25-10-12-26(13-11-25)22(28)19-8-5-6-17(14-19)15-23/h3-9,14H,2,10-13,16H2,1H3,(H,24,27). The first kappa shape index (κ1) is 19.6. The molecule has 6 heteroatoms. The van der Waals surface area contributed by atoms with Crippen molar-refractivity contribution in [3.05, 3.63) is 65.2 Å². The molecular formula is C22H24N4O2. The van der Waals surface area contributed by atoms with Gasteiger partial charge in [-0.3, -0.25) is 14.5 Å². The number of amides is 2. The molecular weight excluding hydrogens is 352 g/mol. The van der Waals surface area contributed by atoms with Gasteiger partial charge in [-0.15, -0.1) is 0 Å². The fourth-order valence-corrected chi connectivity index (χ4v) is 3.36. The third-order valence-corrected chi connectivity index (χ3v) is 4.94. The lowest BCUT2D eigenvalue weighted by Gasteiger charge is -2.34. The molecule has 1 heterocycles. The molecule has 144 valence electrons. The lowest BCUT2D eigenvalue weighted by molar-refractivity contribution is -0.117. The number of carbonyl (C=O) groups excluding carboxylic acids is 2. The van der Waals surface area contributed by atoms with Crippen LogP contribution < -0.4 is 5.32 Å². The van der Waals surface area contributed by atoms with Gasteiger partial charge in [0.2, 0.25) is 5.91 Å². The number of benzene rings is 2. The van der Waals surface area contributed by atoms with E-state index < -0.39 is 0 Å². The number of nitrogens with one attached hydrogen (secondary N) is 1. The number of aryl methyl sites for hydroxylation is 1. The van der Waals surface area contributed by atoms with Crippen molar-refractivity contribution in [1.29, 1.82) is 5.26 Å². The van der Waals surface area contributed by atoms with Gasteiger partial charge in [-0.25, -0.2) is 0 Å². The highest BCUT2D eigenvalue weighted by molar-refractivity contribution is 5.95. The second kappa shape index (κ2) is 9.16. The van der Waals surface area contributed by atoms with E-state index in [1.54, 1.807) is 29.2 Å². The number of nitrogens with zero attached hydrogens (tertiary/aromatic N) is 3. The predicted octanol–water partition coefficient (Wildman–Crippen LogP) is 2.52. The van der Waals surface area contributed by atoms with Crippen LogP contribution in [0.5, 0.6) is 0 Å². The number of nitriles is 1. The minimum absolute atomic E-state index is 0.0394. The van der Waals surface area contributed by atoms with Gasteiger partial charge >= 0.3 is 0 Å². The molecule has 28 heavy (non-hydrogen) atoms. The molecule has 3 rings (SSSR count). The summed E-state index contributed by atoms with van der Waals surface area (Å²) < 4.78 is 0. The van der Waals surface area contributed by atoms with Crippen LogP contribution in [0.25, 0.3) is 0 Å². The molecule has 2 aromatic rings. The van der Waals surface area contributed by atoms with E-state index in [2.05, 4.69) is 23.2 Å². The number of rotatable bonds is 5. The Morgan fingerprint density at radius 3 is 2.54 bits per heavy atom. The van der Waals surface area contributed by atoms with Crippen LogP contribution >= 0.6 is 0 Å².